The molecule has 0 N–H and O–H groups in total. The number of hydrogen-bond acceptors (Lipinski definition) is 7. The van der Waals surface area contributed by atoms with Gasteiger partial charge in [0.25, 0.3) is 0 Å². The van der Waals surface area contributed by atoms with Crippen LogP contribution in [0.3, 0.4) is 0 Å². The number of rotatable bonds is 3. The lowest BCUT2D eigenvalue weighted by molar-refractivity contribution is 0.472. The van der Waals surface area contributed by atoms with Gasteiger partial charge in [0.2, 0.25) is 5.95 Å². The van der Waals surface area contributed by atoms with Crippen LogP contribution < -0.4 is 9.80 Å². The molecule has 4 heterocycles. The highest BCUT2D eigenvalue weighted by Crippen LogP contribution is 2.28. The molecule has 0 aliphatic carbocycles. The summed E-state index contributed by atoms with van der Waals surface area (Å²) in [4.78, 5) is 13.2. The lowest BCUT2D eigenvalue weighted by Crippen LogP contribution is -2.34. The second-order valence-electron chi connectivity index (χ2n) is 6.67. The van der Waals surface area contributed by atoms with Crippen molar-refractivity contribution in [3.8, 4) is 0 Å². The van der Waals surface area contributed by atoms with Gasteiger partial charge in [-0.3, -0.25) is 0 Å². The Balaban J connectivity index is 1.54. The van der Waals surface area contributed by atoms with E-state index < -0.39 is 0 Å². The van der Waals surface area contributed by atoms with Crippen molar-refractivity contribution in [1.82, 2.24) is 29.8 Å². The Labute approximate surface area is 146 Å². The Kier molecular flexibility index (Phi) is 3.95. The zero-order valence-corrected chi connectivity index (χ0v) is 14.8. The molecule has 0 aromatic carbocycles. The van der Waals surface area contributed by atoms with Gasteiger partial charge in [0, 0.05) is 45.0 Å². The van der Waals surface area contributed by atoms with Crippen LogP contribution in [0.25, 0.3) is 5.65 Å². The fourth-order valence-corrected chi connectivity index (χ4v) is 3.21. The largest absolute Gasteiger partial charge is 0.361 e. The number of nitrogens with zero attached hydrogens (tertiary/aromatic N) is 8. The fourth-order valence-electron chi connectivity index (χ4n) is 3.21. The van der Waals surface area contributed by atoms with Crippen molar-refractivity contribution >= 4 is 17.4 Å². The predicted octanol–water partition coefficient (Wildman–Crippen LogP) is 1.67. The summed E-state index contributed by atoms with van der Waals surface area (Å²) in [6, 6.07) is 5.85. The van der Waals surface area contributed by atoms with Crippen LogP contribution in [0, 0.1) is 6.92 Å². The van der Waals surface area contributed by atoms with Crippen molar-refractivity contribution in [2.45, 2.75) is 25.7 Å². The van der Waals surface area contributed by atoms with E-state index in [1.807, 2.05) is 54.8 Å². The van der Waals surface area contributed by atoms with Crippen molar-refractivity contribution in [2.24, 2.45) is 0 Å². The average Bonchev–Trinajstić information content (AvgIpc) is 3.05. The first-order valence-electron chi connectivity index (χ1n) is 8.56. The minimum Gasteiger partial charge on any atom is -0.361 e. The summed E-state index contributed by atoms with van der Waals surface area (Å²) >= 11 is 0. The highest BCUT2D eigenvalue weighted by atomic mass is 15.4. The Morgan fingerprint density at radius 3 is 2.60 bits per heavy atom. The molecule has 0 atom stereocenters. The molecule has 1 saturated heterocycles. The summed E-state index contributed by atoms with van der Waals surface area (Å²) in [7, 11) is 3.97. The van der Waals surface area contributed by atoms with E-state index in [-0.39, 0.29) is 0 Å². The topological polar surface area (TPSA) is 75.3 Å². The Hall–Kier alpha value is -2.77. The van der Waals surface area contributed by atoms with Crippen molar-refractivity contribution in [3.63, 3.8) is 0 Å². The minimum absolute atomic E-state index is 0.348. The molecule has 3 aromatic heterocycles. The molecule has 3 aromatic rings. The van der Waals surface area contributed by atoms with Crippen LogP contribution in [0.1, 0.15) is 30.3 Å². The molecule has 8 nitrogen and oxygen atoms in total. The molecule has 0 bridgehead atoms. The molecule has 1 fully saturated rings. The van der Waals surface area contributed by atoms with Crippen LogP contribution in [0.2, 0.25) is 0 Å². The number of aryl methyl sites for hydroxylation is 1. The van der Waals surface area contributed by atoms with Crippen LogP contribution in [0.15, 0.2) is 24.4 Å². The van der Waals surface area contributed by atoms with Crippen molar-refractivity contribution in [1.29, 1.82) is 0 Å². The summed E-state index contributed by atoms with van der Waals surface area (Å²) in [5.74, 6) is 3.01. The highest BCUT2D eigenvalue weighted by molar-refractivity contribution is 5.45. The van der Waals surface area contributed by atoms with Crippen LogP contribution >= 0.6 is 0 Å². The quantitative estimate of drug-likeness (QED) is 0.719. The SMILES string of the molecule is Cc1ccnc(N2CCC(c3nnc4ccc(N(C)C)nn34)CC2)n1. The molecule has 0 amide bonds. The molecule has 0 saturated carbocycles. The van der Waals surface area contributed by atoms with Gasteiger partial charge in [-0.2, -0.15) is 4.52 Å². The van der Waals surface area contributed by atoms with Gasteiger partial charge in [-0.15, -0.1) is 15.3 Å². The van der Waals surface area contributed by atoms with E-state index in [1.165, 1.54) is 0 Å². The number of fused-ring (bicyclic) bond motifs is 1. The van der Waals surface area contributed by atoms with Crippen LogP contribution in [0.5, 0.6) is 0 Å². The van der Waals surface area contributed by atoms with E-state index in [0.717, 1.165) is 54.9 Å². The lowest BCUT2D eigenvalue weighted by Gasteiger charge is -2.31. The summed E-state index contributed by atoms with van der Waals surface area (Å²) in [5, 5.41) is 13.4. The van der Waals surface area contributed by atoms with Gasteiger partial charge < -0.3 is 9.80 Å². The van der Waals surface area contributed by atoms with Gasteiger partial charge in [-0.25, -0.2) is 9.97 Å². The number of anilines is 2. The maximum Gasteiger partial charge on any atom is 0.225 e. The molecular weight excluding hydrogens is 316 g/mol. The van der Waals surface area contributed by atoms with Gasteiger partial charge in [-0.05, 0) is 38.0 Å². The monoisotopic (exact) mass is 338 g/mol. The summed E-state index contributed by atoms with van der Waals surface area (Å²) < 4.78 is 1.89. The smallest absolute Gasteiger partial charge is 0.225 e. The molecular formula is C17H22N8. The molecule has 4 rings (SSSR count). The maximum absolute atomic E-state index is 4.68. The third kappa shape index (κ3) is 2.99. The van der Waals surface area contributed by atoms with Gasteiger partial charge in [-0.1, -0.05) is 0 Å². The Morgan fingerprint density at radius 2 is 1.88 bits per heavy atom. The molecule has 1 aliphatic rings. The van der Waals surface area contributed by atoms with Crippen LogP contribution in [-0.2, 0) is 0 Å². The molecule has 130 valence electrons. The first kappa shape index (κ1) is 15.7. The first-order chi connectivity index (χ1) is 12.1. The molecule has 1 aliphatic heterocycles. The first-order valence-corrected chi connectivity index (χ1v) is 8.56. The second kappa shape index (κ2) is 6.27. The molecule has 8 heteroatoms. The summed E-state index contributed by atoms with van der Waals surface area (Å²) in [6.07, 6.45) is 3.81. The summed E-state index contributed by atoms with van der Waals surface area (Å²) in [5.41, 5.74) is 1.79. The van der Waals surface area contributed by atoms with E-state index in [0.29, 0.717) is 5.92 Å². The van der Waals surface area contributed by atoms with Gasteiger partial charge in [0.05, 0.1) is 0 Å². The number of piperidine rings is 1. The Morgan fingerprint density at radius 1 is 1.08 bits per heavy atom. The zero-order chi connectivity index (χ0) is 17.4. The molecule has 0 spiro atoms. The van der Waals surface area contributed by atoms with Gasteiger partial charge in [0.15, 0.2) is 11.5 Å². The van der Waals surface area contributed by atoms with Crippen molar-refractivity contribution in [2.75, 3.05) is 37.0 Å². The number of aromatic nitrogens is 6. The van der Waals surface area contributed by atoms with E-state index in [9.17, 15) is 0 Å². The third-order valence-corrected chi connectivity index (χ3v) is 4.66. The third-order valence-electron chi connectivity index (χ3n) is 4.66. The highest BCUT2D eigenvalue weighted by Gasteiger charge is 2.26. The maximum atomic E-state index is 4.68. The van der Waals surface area contributed by atoms with Gasteiger partial charge >= 0.3 is 0 Å². The summed E-state index contributed by atoms with van der Waals surface area (Å²) in [6.45, 7) is 3.82. The standard InChI is InChI=1S/C17H22N8/c1-12-6-9-18-17(19-12)24-10-7-13(8-11-24)16-21-20-14-4-5-15(23(2)3)22-25(14)16/h4-6,9,13H,7-8,10-11H2,1-3H3. The van der Waals surface area contributed by atoms with E-state index in [2.05, 4.69) is 30.2 Å². The van der Waals surface area contributed by atoms with E-state index in [1.54, 1.807) is 0 Å². The second-order valence-corrected chi connectivity index (χ2v) is 6.67. The number of hydrogen-bond donors (Lipinski definition) is 0. The van der Waals surface area contributed by atoms with E-state index >= 15 is 0 Å². The van der Waals surface area contributed by atoms with Crippen molar-refractivity contribution in [3.05, 3.63) is 35.9 Å². The van der Waals surface area contributed by atoms with Crippen LogP contribution in [0.4, 0.5) is 11.8 Å². The van der Waals surface area contributed by atoms with Gasteiger partial charge in [0.1, 0.15) is 5.82 Å². The minimum atomic E-state index is 0.348. The molecule has 0 radical (unpaired) electrons. The van der Waals surface area contributed by atoms with E-state index in [4.69, 9.17) is 0 Å². The van der Waals surface area contributed by atoms with Crippen molar-refractivity contribution < 1.29 is 0 Å². The van der Waals surface area contributed by atoms with Crippen LogP contribution in [-0.4, -0.2) is 57.0 Å². The lowest BCUT2D eigenvalue weighted by atomic mass is 9.96. The fraction of sp³-hybridized carbons (Fsp3) is 0.471. The normalized spacial score (nSPS) is 15.7. The molecule has 0 unspecified atom stereocenters. The average molecular weight is 338 g/mol. The molecule has 25 heavy (non-hydrogen) atoms. The predicted molar refractivity (Wildman–Crippen MR) is 96.1 cm³/mol. The zero-order valence-electron chi connectivity index (χ0n) is 14.8. The Bertz CT molecular complexity index is 879.